The van der Waals surface area contributed by atoms with Crippen LogP contribution in [0.2, 0.25) is 0 Å². The largest absolute Gasteiger partial charge is 0.228 e. The van der Waals surface area contributed by atoms with Gasteiger partial charge in [0.2, 0.25) is 0 Å². The lowest BCUT2D eigenvalue weighted by Crippen LogP contribution is -2.32. The average Bonchev–Trinajstić information content (AvgIpc) is 3.57. The van der Waals surface area contributed by atoms with Gasteiger partial charge in [-0.15, -0.1) is 0 Å². The maximum Gasteiger partial charge on any atom is 0.160 e. The fraction of sp³-hybridized carbons (Fsp3) is 0.0189. The lowest BCUT2D eigenvalue weighted by atomic mass is 9.67. The molecule has 1 aliphatic heterocycles. The van der Waals surface area contributed by atoms with Gasteiger partial charge in [0.05, 0.1) is 16.8 Å². The molecule has 262 valence electrons. The highest BCUT2D eigenvalue weighted by Gasteiger charge is 2.50. The number of hydrogen-bond acceptors (Lipinski definition) is 3. The van der Waals surface area contributed by atoms with E-state index in [1.807, 2.05) is 23.9 Å². The van der Waals surface area contributed by atoms with E-state index in [1.165, 1.54) is 59.9 Å². The van der Waals surface area contributed by atoms with Gasteiger partial charge in [0, 0.05) is 26.5 Å². The van der Waals surface area contributed by atoms with Crippen LogP contribution in [0.1, 0.15) is 22.3 Å². The minimum Gasteiger partial charge on any atom is -0.228 e. The zero-order chi connectivity index (χ0) is 37.1. The highest BCUT2D eigenvalue weighted by Crippen LogP contribution is 2.63. The lowest BCUT2D eigenvalue weighted by molar-refractivity contribution is 0.723. The van der Waals surface area contributed by atoms with Crippen LogP contribution in [0.15, 0.2) is 216 Å². The van der Waals surface area contributed by atoms with E-state index in [1.54, 1.807) is 0 Å². The maximum atomic E-state index is 5.16. The molecule has 11 rings (SSSR count). The van der Waals surface area contributed by atoms with Crippen molar-refractivity contribution in [1.82, 2.24) is 9.97 Å². The van der Waals surface area contributed by atoms with E-state index < -0.39 is 5.41 Å². The first-order valence-corrected chi connectivity index (χ1v) is 19.9. The number of benzene rings is 8. The third-order valence-corrected chi connectivity index (χ3v) is 12.6. The van der Waals surface area contributed by atoms with Crippen molar-refractivity contribution in [3.8, 4) is 67.3 Å². The second kappa shape index (κ2) is 13.2. The molecule has 3 heteroatoms. The Morgan fingerprint density at radius 1 is 0.321 bits per heavy atom. The van der Waals surface area contributed by atoms with Crippen molar-refractivity contribution in [2.75, 3.05) is 0 Å². The summed E-state index contributed by atoms with van der Waals surface area (Å²) in [5.41, 5.74) is 17.2. The zero-order valence-electron chi connectivity index (χ0n) is 30.4. The molecule has 9 aromatic rings. The van der Waals surface area contributed by atoms with Gasteiger partial charge in [0.1, 0.15) is 0 Å². The molecule has 0 radical (unpaired) electrons. The van der Waals surface area contributed by atoms with Gasteiger partial charge in [-0.25, -0.2) is 9.97 Å². The number of hydrogen-bond donors (Lipinski definition) is 0. The smallest absolute Gasteiger partial charge is 0.160 e. The van der Waals surface area contributed by atoms with Crippen LogP contribution in [-0.2, 0) is 5.41 Å². The normalized spacial score (nSPS) is 13.1. The molecule has 1 spiro atoms. The summed E-state index contributed by atoms with van der Waals surface area (Å²) in [4.78, 5) is 12.9. The van der Waals surface area contributed by atoms with Gasteiger partial charge in [-0.3, -0.25) is 0 Å². The molecule has 1 aromatic heterocycles. The van der Waals surface area contributed by atoms with Gasteiger partial charge in [-0.1, -0.05) is 200 Å². The molecular formula is C53H34N2S. The molecule has 0 unspecified atom stereocenters. The number of fused-ring (bicyclic) bond motifs is 9. The molecule has 2 aliphatic rings. The Kier molecular flexibility index (Phi) is 7.68. The lowest BCUT2D eigenvalue weighted by Gasteiger charge is -2.40. The zero-order valence-corrected chi connectivity index (χ0v) is 31.2. The summed E-state index contributed by atoms with van der Waals surface area (Å²) < 4.78 is 0. The van der Waals surface area contributed by atoms with Crippen molar-refractivity contribution in [2.45, 2.75) is 15.2 Å². The minimum atomic E-state index is -0.424. The molecular weight excluding hydrogens is 697 g/mol. The summed E-state index contributed by atoms with van der Waals surface area (Å²) in [6.45, 7) is 0. The van der Waals surface area contributed by atoms with Crippen LogP contribution in [0.25, 0.3) is 67.3 Å². The monoisotopic (exact) mass is 730 g/mol. The molecule has 1 aliphatic carbocycles. The first kappa shape index (κ1) is 32.6. The first-order valence-electron chi connectivity index (χ1n) is 19.1. The van der Waals surface area contributed by atoms with Crippen molar-refractivity contribution >= 4 is 11.8 Å². The van der Waals surface area contributed by atoms with Gasteiger partial charge in [-0.05, 0) is 73.8 Å². The van der Waals surface area contributed by atoms with E-state index in [0.29, 0.717) is 5.82 Å². The summed E-state index contributed by atoms with van der Waals surface area (Å²) in [6, 6.07) is 74.4. The Hall–Kier alpha value is -6.81. The molecule has 56 heavy (non-hydrogen) atoms. The van der Waals surface area contributed by atoms with Crippen LogP contribution < -0.4 is 0 Å². The second-order valence-corrected chi connectivity index (χ2v) is 15.5. The van der Waals surface area contributed by atoms with Crippen LogP contribution in [0.5, 0.6) is 0 Å². The molecule has 0 fully saturated rings. The van der Waals surface area contributed by atoms with E-state index >= 15 is 0 Å². The molecule has 0 saturated carbocycles. The van der Waals surface area contributed by atoms with E-state index in [0.717, 1.165) is 33.6 Å². The Labute approximate surface area is 331 Å². The van der Waals surface area contributed by atoms with Gasteiger partial charge < -0.3 is 0 Å². The molecule has 0 bridgehead atoms. The highest BCUT2D eigenvalue weighted by atomic mass is 32.2. The maximum absolute atomic E-state index is 5.16. The fourth-order valence-corrected chi connectivity index (χ4v) is 10.3. The Morgan fingerprint density at radius 3 is 1.45 bits per heavy atom. The van der Waals surface area contributed by atoms with Crippen LogP contribution in [0, 0.1) is 0 Å². The Morgan fingerprint density at radius 2 is 0.786 bits per heavy atom. The second-order valence-electron chi connectivity index (χ2n) is 14.4. The first-order chi connectivity index (χ1) is 27.8. The summed E-state index contributed by atoms with van der Waals surface area (Å²) >= 11 is 1.90. The van der Waals surface area contributed by atoms with Crippen LogP contribution in [-0.4, -0.2) is 9.97 Å². The quantitative estimate of drug-likeness (QED) is 0.176. The van der Waals surface area contributed by atoms with Crippen LogP contribution in [0.3, 0.4) is 0 Å². The Balaban J connectivity index is 1.09. The van der Waals surface area contributed by atoms with E-state index in [9.17, 15) is 0 Å². The summed E-state index contributed by atoms with van der Waals surface area (Å²) in [5.74, 6) is 0.703. The standard InChI is InChI=1S/C53H34N2S/c1-3-17-35(18-4-1)48-34-49(36-19-5-2-6-20-36)55-52(54-48)38-22-15-21-37(33-38)39-23-7-8-24-40(39)43-27-16-31-47-51(43)56-50-32-14-13-30-46(50)53(47)44-28-11-9-25-41(44)42-26-10-12-29-45(42)53/h1-34H. The van der Waals surface area contributed by atoms with Crippen molar-refractivity contribution < 1.29 is 0 Å². The number of nitrogens with zero attached hydrogens (tertiary/aromatic N) is 2. The third-order valence-electron chi connectivity index (χ3n) is 11.4. The summed E-state index contributed by atoms with van der Waals surface area (Å²) in [6.07, 6.45) is 0. The van der Waals surface area contributed by atoms with Crippen LogP contribution in [0.4, 0.5) is 0 Å². The molecule has 0 amide bonds. The van der Waals surface area contributed by atoms with Crippen molar-refractivity contribution in [3.05, 3.63) is 229 Å². The van der Waals surface area contributed by atoms with E-state index in [4.69, 9.17) is 9.97 Å². The highest BCUT2D eigenvalue weighted by molar-refractivity contribution is 7.99. The minimum absolute atomic E-state index is 0.424. The van der Waals surface area contributed by atoms with Crippen LogP contribution >= 0.6 is 11.8 Å². The molecule has 0 N–H and O–H groups in total. The summed E-state index contributed by atoms with van der Waals surface area (Å²) in [5, 5.41) is 0. The van der Waals surface area contributed by atoms with Crippen molar-refractivity contribution in [1.29, 1.82) is 0 Å². The number of rotatable bonds is 5. The topological polar surface area (TPSA) is 25.8 Å². The van der Waals surface area contributed by atoms with Gasteiger partial charge >= 0.3 is 0 Å². The SMILES string of the molecule is c1ccc(-c2cc(-c3ccccc3)nc(-c3cccc(-c4ccccc4-c4cccc5c4Sc4ccccc4C54c5ccccc5-c5ccccc54)c3)n2)cc1. The summed E-state index contributed by atoms with van der Waals surface area (Å²) in [7, 11) is 0. The molecule has 0 saturated heterocycles. The van der Waals surface area contributed by atoms with E-state index in [2.05, 4.69) is 194 Å². The van der Waals surface area contributed by atoms with Gasteiger partial charge in [-0.2, -0.15) is 0 Å². The molecule has 2 heterocycles. The fourth-order valence-electron chi connectivity index (χ4n) is 8.98. The predicted octanol–water partition coefficient (Wildman–Crippen LogP) is 13.6. The van der Waals surface area contributed by atoms with Gasteiger partial charge in [0.25, 0.3) is 0 Å². The molecule has 0 atom stereocenters. The Bertz CT molecular complexity index is 2850. The molecule has 2 nitrogen and oxygen atoms in total. The van der Waals surface area contributed by atoms with Crippen molar-refractivity contribution in [2.24, 2.45) is 0 Å². The number of aromatic nitrogens is 2. The van der Waals surface area contributed by atoms with Gasteiger partial charge in [0.15, 0.2) is 5.82 Å². The predicted molar refractivity (Wildman–Crippen MR) is 231 cm³/mol. The third kappa shape index (κ3) is 5.05. The average molecular weight is 731 g/mol. The van der Waals surface area contributed by atoms with Crippen molar-refractivity contribution in [3.63, 3.8) is 0 Å². The molecule has 8 aromatic carbocycles. The van der Waals surface area contributed by atoms with E-state index in [-0.39, 0.29) is 0 Å².